The minimum atomic E-state index is -0.254. The highest BCUT2D eigenvalue weighted by atomic mass is 19.1. The maximum absolute atomic E-state index is 13.6. The van der Waals surface area contributed by atoms with E-state index in [1.165, 1.54) is 12.1 Å². The molecule has 2 aliphatic rings. The van der Waals surface area contributed by atoms with Crippen LogP contribution in [-0.2, 0) is 0 Å². The highest BCUT2D eigenvalue weighted by molar-refractivity contribution is 5.66. The number of nitrogens with zero attached hydrogens (tertiary/aromatic N) is 9. The van der Waals surface area contributed by atoms with Crippen LogP contribution in [0.3, 0.4) is 0 Å². The zero-order valence-corrected chi connectivity index (χ0v) is 21.8. The number of anilines is 3. The molecule has 196 valence electrons. The molecule has 0 radical (unpaired) electrons. The number of tetrazole rings is 1. The van der Waals surface area contributed by atoms with Gasteiger partial charge in [-0.3, -0.25) is 0 Å². The molecule has 0 amide bonds. The molecule has 6 rings (SSSR count). The van der Waals surface area contributed by atoms with Crippen molar-refractivity contribution in [1.82, 2.24) is 35.6 Å². The van der Waals surface area contributed by atoms with Crippen LogP contribution in [0, 0.1) is 12.7 Å². The van der Waals surface area contributed by atoms with Gasteiger partial charge in [0.25, 0.3) is 0 Å². The third kappa shape index (κ3) is 4.64. The van der Waals surface area contributed by atoms with E-state index in [1.807, 2.05) is 12.1 Å². The third-order valence-electron chi connectivity index (χ3n) is 7.53. The molecule has 10 nitrogen and oxygen atoms in total. The number of aryl methyl sites for hydroxylation is 1. The summed E-state index contributed by atoms with van der Waals surface area (Å²) in [6, 6.07) is 11.2. The monoisotopic (exact) mass is 514 g/mol. The highest BCUT2D eigenvalue weighted by Crippen LogP contribution is 2.31. The van der Waals surface area contributed by atoms with Crippen LogP contribution in [0.15, 0.2) is 42.6 Å². The predicted molar refractivity (Wildman–Crippen MR) is 145 cm³/mol. The molecule has 0 bridgehead atoms. The number of piperazine rings is 1. The Balaban J connectivity index is 1.27. The van der Waals surface area contributed by atoms with Gasteiger partial charge in [-0.25, -0.2) is 14.4 Å². The molecular formula is C27H31FN10. The Morgan fingerprint density at radius 3 is 2.47 bits per heavy atom. The average Bonchev–Trinajstić information content (AvgIpc) is 3.61. The molecule has 1 N–H and O–H groups in total. The standard InChI is InChI=1S/C27H31FN10/c1-17-13-21(25-32-34-35-33-25)15-29-26(17)36-11-12-37(19(3)16-36)24-14-23(20-6-8-22(28)9-7-20)30-27(31-24)38-10-4-5-18(38)2/h6-9,13-15,18-19H,4-5,10-12,16H2,1-3H3,(H,32,33,34,35). The van der Waals surface area contributed by atoms with Crippen molar-refractivity contribution in [3.05, 3.63) is 54.0 Å². The van der Waals surface area contributed by atoms with Crippen LogP contribution in [0.25, 0.3) is 22.6 Å². The largest absolute Gasteiger partial charge is 0.353 e. The molecule has 2 unspecified atom stereocenters. The quantitative estimate of drug-likeness (QED) is 0.425. The maximum Gasteiger partial charge on any atom is 0.228 e. The van der Waals surface area contributed by atoms with Crippen molar-refractivity contribution in [2.24, 2.45) is 0 Å². The number of pyridine rings is 1. The molecule has 2 fully saturated rings. The van der Waals surface area contributed by atoms with Crippen molar-refractivity contribution in [2.45, 2.75) is 45.7 Å². The summed E-state index contributed by atoms with van der Waals surface area (Å²) in [7, 11) is 0. The molecule has 5 heterocycles. The van der Waals surface area contributed by atoms with Crippen LogP contribution in [-0.4, -0.2) is 73.8 Å². The number of nitrogens with one attached hydrogen (secondary N) is 1. The van der Waals surface area contributed by atoms with Crippen molar-refractivity contribution in [3.63, 3.8) is 0 Å². The van der Waals surface area contributed by atoms with Gasteiger partial charge >= 0.3 is 0 Å². The first kappa shape index (κ1) is 24.2. The number of hydrogen-bond donors (Lipinski definition) is 1. The van der Waals surface area contributed by atoms with E-state index >= 15 is 0 Å². The lowest BCUT2D eigenvalue weighted by Gasteiger charge is -2.41. The molecule has 2 atom stereocenters. The van der Waals surface area contributed by atoms with Crippen LogP contribution in [0.1, 0.15) is 32.3 Å². The van der Waals surface area contributed by atoms with Gasteiger partial charge in [0.05, 0.1) is 5.69 Å². The first-order valence-corrected chi connectivity index (χ1v) is 13.1. The lowest BCUT2D eigenvalue weighted by atomic mass is 10.1. The van der Waals surface area contributed by atoms with E-state index in [0.717, 1.165) is 79.0 Å². The number of benzene rings is 1. The highest BCUT2D eigenvalue weighted by Gasteiger charge is 2.29. The predicted octanol–water partition coefficient (Wildman–Crippen LogP) is 3.87. The normalized spacial score (nSPS) is 19.8. The maximum atomic E-state index is 13.6. The van der Waals surface area contributed by atoms with E-state index < -0.39 is 0 Å². The van der Waals surface area contributed by atoms with Gasteiger partial charge < -0.3 is 14.7 Å². The molecule has 11 heteroatoms. The summed E-state index contributed by atoms with van der Waals surface area (Å²) in [6.45, 7) is 9.86. The minimum absolute atomic E-state index is 0.196. The van der Waals surface area contributed by atoms with Gasteiger partial charge in [0.1, 0.15) is 17.5 Å². The molecule has 3 aromatic heterocycles. The molecule has 2 aliphatic heterocycles. The van der Waals surface area contributed by atoms with Crippen LogP contribution >= 0.6 is 0 Å². The molecule has 4 aromatic rings. The second kappa shape index (κ2) is 9.96. The van der Waals surface area contributed by atoms with Gasteiger partial charge in [-0.05, 0) is 74.7 Å². The number of aromatic nitrogens is 7. The van der Waals surface area contributed by atoms with E-state index in [2.05, 4.69) is 56.1 Å². The van der Waals surface area contributed by atoms with Crippen molar-refractivity contribution in [3.8, 4) is 22.6 Å². The van der Waals surface area contributed by atoms with Crippen molar-refractivity contribution in [2.75, 3.05) is 40.9 Å². The Kier molecular flexibility index (Phi) is 6.34. The number of hydrogen-bond acceptors (Lipinski definition) is 9. The fourth-order valence-corrected chi connectivity index (χ4v) is 5.49. The molecular weight excluding hydrogens is 483 g/mol. The summed E-state index contributed by atoms with van der Waals surface area (Å²) >= 11 is 0. The minimum Gasteiger partial charge on any atom is -0.353 e. The second-order valence-corrected chi connectivity index (χ2v) is 10.2. The van der Waals surface area contributed by atoms with Crippen LogP contribution in [0.4, 0.5) is 22.0 Å². The first-order valence-electron chi connectivity index (χ1n) is 13.1. The number of H-pyrrole nitrogens is 1. The smallest absolute Gasteiger partial charge is 0.228 e. The SMILES string of the molecule is Cc1cc(-c2nn[nH]n2)cnc1N1CCN(c2cc(-c3ccc(F)cc3)nc(N3CCCC3C)n2)C(C)C1. The summed E-state index contributed by atoms with van der Waals surface area (Å²) in [5.74, 6) is 2.89. The topological polar surface area (TPSA) is 103 Å². The molecule has 0 saturated carbocycles. The summed E-state index contributed by atoms with van der Waals surface area (Å²) in [5, 5.41) is 14.2. The van der Waals surface area contributed by atoms with E-state index in [4.69, 9.17) is 15.0 Å². The van der Waals surface area contributed by atoms with Crippen LogP contribution < -0.4 is 14.7 Å². The second-order valence-electron chi connectivity index (χ2n) is 10.2. The Bertz CT molecular complexity index is 1410. The zero-order valence-electron chi connectivity index (χ0n) is 21.8. The molecule has 1 aromatic carbocycles. The van der Waals surface area contributed by atoms with Gasteiger partial charge in [0.15, 0.2) is 0 Å². The zero-order chi connectivity index (χ0) is 26.2. The van der Waals surface area contributed by atoms with E-state index in [1.54, 1.807) is 18.3 Å². The Morgan fingerprint density at radius 2 is 1.79 bits per heavy atom. The van der Waals surface area contributed by atoms with E-state index in [9.17, 15) is 4.39 Å². The molecule has 0 aliphatic carbocycles. The summed E-state index contributed by atoms with van der Waals surface area (Å²) in [6.07, 6.45) is 4.06. The first-order chi connectivity index (χ1) is 18.5. The number of aromatic amines is 1. The number of rotatable bonds is 5. The summed E-state index contributed by atoms with van der Waals surface area (Å²) in [4.78, 5) is 21.7. The fraction of sp³-hybridized carbons (Fsp3) is 0.407. The van der Waals surface area contributed by atoms with Crippen molar-refractivity contribution >= 4 is 17.6 Å². The lowest BCUT2D eigenvalue weighted by Crippen LogP contribution is -2.53. The third-order valence-corrected chi connectivity index (χ3v) is 7.53. The summed E-state index contributed by atoms with van der Waals surface area (Å²) < 4.78 is 13.6. The van der Waals surface area contributed by atoms with E-state index in [-0.39, 0.29) is 11.9 Å². The van der Waals surface area contributed by atoms with Gasteiger partial charge in [-0.2, -0.15) is 10.2 Å². The van der Waals surface area contributed by atoms with Gasteiger partial charge in [-0.15, -0.1) is 10.2 Å². The van der Waals surface area contributed by atoms with Crippen molar-refractivity contribution in [1.29, 1.82) is 0 Å². The molecule has 38 heavy (non-hydrogen) atoms. The Morgan fingerprint density at radius 1 is 0.947 bits per heavy atom. The van der Waals surface area contributed by atoms with Crippen molar-refractivity contribution < 1.29 is 4.39 Å². The van der Waals surface area contributed by atoms with Crippen LogP contribution in [0.2, 0.25) is 0 Å². The summed E-state index contributed by atoms with van der Waals surface area (Å²) in [5.41, 5.74) is 3.60. The molecule has 2 saturated heterocycles. The Hall–Kier alpha value is -4.15. The van der Waals surface area contributed by atoms with Gasteiger partial charge in [0.2, 0.25) is 11.8 Å². The van der Waals surface area contributed by atoms with Gasteiger partial charge in [0, 0.05) is 61.7 Å². The number of halogens is 1. The van der Waals surface area contributed by atoms with E-state index in [0.29, 0.717) is 11.9 Å². The lowest BCUT2D eigenvalue weighted by molar-refractivity contribution is 0.541. The average molecular weight is 515 g/mol. The molecule has 0 spiro atoms. The van der Waals surface area contributed by atoms with Gasteiger partial charge in [-0.1, -0.05) is 0 Å². The fourth-order valence-electron chi connectivity index (χ4n) is 5.49. The van der Waals surface area contributed by atoms with Crippen LogP contribution in [0.5, 0.6) is 0 Å². The Labute approximate surface area is 220 Å².